The number of allylic oxidation sites excluding steroid dienone is 4. The first kappa shape index (κ1) is 51.5. The molecule has 0 aromatic heterocycles. The molecule has 9 heteroatoms. The Labute approximate surface area is 326 Å². The van der Waals surface area contributed by atoms with Gasteiger partial charge in [-0.3, -0.25) is 14.1 Å². The molecule has 0 spiro atoms. The van der Waals surface area contributed by atoms with Crippen molar-refractivity contribution in [3.8, 4) is 0 Å². The first-order valence-electron chi connectivity index (χ1n) is 22.1. The number of carbonyl (C=O) groups is 2. The number of unbranched alkanes of at least 4 members (excludes halogenated alkanes) is 27. The molecule has 0 aliphatic heterocycles. The molecule has 1 atom stereocenters. The zero-order chi connectivity index (χ0) is 38.9. The maximum Gasteiger partial charge on any atom is 0.469 e. The van der Waals surface area contributed by atoms with E-state index in [9.17, 15) is 14.2 Å². The van der Waals surface area contributed by atoms with Crippen molar-refractivity contribution >= 4 is 19.8 Å². The lowest BCUT2D eigenvalue weighted by molar-refractivity contribution is -0.161. The van der Waals surface area contributed by atoms with E-state index in [1.54, 1.807) is 0 Å². The Morgan fingerprint density at radius 1 is 0.491 bits per heavy atom. The van der Waals surface area contributed by atoms with Crippen LogP contribution in [0.25, 0.3) is 0 Å². The summed E-state index contributed by atoms with van der Waals surface area (Å²) in [4.78, 5) is 42.9. The minimum atomic E-state index is -4.75. The van der Waals surface area contributed by atoms with Gasteiger partial charge in [-0.15, -0.1) is 0 Å². The van der Waals surface area contributed by atoms with Crippen LogP contribution >= 0.6 is 7.82 Å². The number of phosphoric acid groups is 1. The molecule has 0 bridgehead atoms. The first-order chi connectivity index (χ1) is 25.8. The predicted molar refractivity (Wildman–Crippen MR) is 221 cm³/mol. The van der Waals surface area contributed by atoms with Gasteiger partial charge in [-0.25, -0.2) is 4.57 Å². The molecule has 0 rings (SSSR count). The van der Waals surface area contributed by atoms with Crippen molar-refractivity contribution in [2.24, 2.45) is 0 Å². The molecule has 0 heterocycles. The van der Waals surface area contributed by atoms with Gasteiger partial charge in [0.15, 0.2) is 6.10 Å². The summed E-state index contributed by atoms with van der Waals surface area (Å²) in [6.07, 6.45) is 46.1. The molecule has 0 saturated carbocycles. The third kappa shape index (κ3) is 43.1. The number of phosphoric ester groups is 1. The molecular weight excluding hydrogens is 687 g/mol. The molecule has 0 amide bonds. The van der Waals surface area contributed by atoms with Gasteiger partial charge < -0.3 is 19.3 Å². The number of hydrogen-bond donors (Lipinski definition) is 2. The fraction of sp³-hybridized carbons (Fsp3) is 0.864. The van der Waals surface area contributed by atoms with Crippen molar-refractivity contribution in [2.75, 3.05) is 13.2 Å². The summed E-state index contributed by atoms with van der Waals surface area (Å²) in [5.74, 6) is -0.890. The monoisotopic (exact) mass is 771 g/mol. The number of hydrogen-bond acceptors (Lipinski definition) is 6. The van der Waals surface area contributed by atoms with Crippen LogP contribution in [0.5, 0.6) is 0 Å². The topological polar surface area (TPSA) is 119 Å². The molecule has 0 saturated heterocycles. The van der Waals surface area contributed by atoms with Crippen LogP contribution in [0, 0.1) is 0 Å². The van der Waals surface area contributed by atoms with Crippen LogP contribution < -0.4 is 0 Å². The highest BCUT2D eigenvalue weighted by Gasteiger charge is 2.22. The van der Waals surface area contributed by atoms with Gasteiger partial charge in [-0.2, -0.15) is 0 Å². The first-order valence-corrected chi connectivity index (χ1v) is 23.7. The lowest BCUT2D eigenvalue weighted by Gasteiger charge is -2.18. The summed E-state index contributed by atoms with van der Waals surface area (Å²) >= 11 is 0. The maximum atomic E-state index is 12.4. The van der Waals surface area contributed by atoms with Crippen LogP contribution in [0.4, 0.5) is 0 Å². The second kappa shape index (κ2) is 40.2. The average Bonchev–Trinajstić information content (AvgIpc) is 3.13. The summed E-state index contributed by atoms with van der Waals surface area (Å²) in [5.41, 5.74) is 0. The third-order valence-electron chi connectivity index (χ3n) is 9.72. The van der Waals surface area contributed by atoms with Gasteiger partial charge in [0.05, 0.1) is 6.61 Å². The quantitative estimate of drug-likeness (QED) is 0.0273. The minimum absolute atomic E-state index is 0.214. The molecule has 0 unspecified atom stereocenters. The van der Waals surface area contributed by atoms with E-state index in [4.69, 9.17) is 19.3 Å². The van der Waals surface area contributed by atoms with Crippen molar-refractivity contribution < 1.29 is 37.9 Å². The number of esters is 2. The van der Waals surface area contributed by atoms with E-state index in [1.807, 2.05) is 0 Å². The molecule has 0 aromatic rings. The van der Waals surface area contributed by atoms with Crippen LogP contribution in [0.15, 0.2) is 24.3 Å². The molecule has 0 fully saturated rings. The van der Waals surface area contributed by atoms with Crippen molar-refractivity contribution in [3.63, 3.8) is 0 Å². The number of rotatable bonds is 41. The molecule has 312 valence electrons. The second-order valence-electron chi connectivity index (χ2n) is 15.0. The summed E-state index contributed by atoms with van der Waals surface area (Å²) in [6.45, 7) is 3.67. The molecule has 53 heavy (non-hydrogen) atoms. The Kier molecular flexibility index (Phi) is 39.1. The van der Waals surface area contributed by atoms with Gasteiger partial charge in [0.2, 0.25) is 0 Å². The highest BCUT2D eigenvalue weighted by atomic mass is 31.2. The largest absolute Gasteiger partial charge is 0.469 e. The Balaban J connectivity index is 3.86. The van der Waals surface area contributed by atoms with Gasteiger partial charge in [-0.1, -0.05) is 192 Å². The van der Waals surface area contributed by atoms with Crippen molar-refractivity contribution in [3.05, 3.63) is 24.3 Å². The molecule has 0 radical (unpaired) electrons. The van der Waals surface area contributed by atoms with E-state index >= 15 is 0 Å². The van der Waals surface area contributed by atoms with Crippen molar-refractivity contribution in [1.29, 1.82) is 0 Å². The fourth-order valence-corrected chi connectivity index (χ4v) is 6.77. The van der Waals surface area contributed by atoms with E-state index in [2.05, 4.69) is 42.7 Å². The van der Waals surface area contributed by atoms with Gasteiger partial charge >= 0.3 is 19.8 Å². The SMILES string of the molecule is CCCCC/C=C/C/C=C/CCCCCCCC(=O)OC[C@H](COP(=O)(O)O)OC(=O)CCCCCCCCCCCCCCCCCCCCCC. The number of ether oxygens (including phenoxy) is 2. The average molecular weight is 771 g/mol. The van der Waals surface area contributed by atoms with Gasteiger partial charge in [-0.05, 0) is 44.9 Å². The normalized spacial score (nSPS) is 12.6. The zero-order valence-corrected chi connectivity index (χ0v) is 35.3. The van der Waals surface area contributed by atoms with E-state index < -0.39 is 32.5 Å². The Hall–Kier alpha value is -1.47. The maximum absolute atomic E-state index is 12.4. The number of carbonyl (C=O) groups excluding carboxylic acids is 2. The van der Waals surface area contributed by atoms with Crippen LogP contribution in [0.1, 0.15) is 226 Å². The van der Waals surface area contributed by atoms with Gasteiger partial charge in [0.1, 0.15) is 6.61 Å². The summed E-state index contributed by atoms with van der Waals surface area (Å²) in [5, 5.41) is 0. The minimum Gasteiger partial charge on any atom is -0.462 e. The highest BCUT2D eigenvalue weighted by Crippen LogP contribution is 2.36. The van der Waals surface area contributed by atoms with Gasteiger partial charge in [0.25, 0.3) is 0 Å². The molecule has 0 aliphatic rings. The smallest absolute Gasteiger partial charge is 0.462 e. The molecule has 2 N–H and O–H groups in total. The fourth-order valence-electron chi connectivity index (χ4n) is 6.40. The second-order valence-corrected chi connectivity index (χ2v) is 16.3. The zero-order valence-electron chi connectivity index (χ0n) is 34.4. The van der Waals surface area contributed by atoms with E-state index in [1.165, 1.54) is 128 Å². The molecule has 0 aromatic carbocycles. The summed E-state index contributed by atoms with van der Waals surface area (Å²) < 4.78 is 26.4. The predicted octanol–water partition coefficient (Wildman–Crippen LogP) is 13.6. The van der Waals surface area contributed by atoms with E-state index in [0.29, 0.717) is 12.8 Å². The van der Waals surface area contributed by atoms with E-state index in [0.717, 1.165) is 57.8 Å². The Morgan fingerprint density at radius 2 is 0.849 bits per heavy atom. The van der Waals surface area contributed by atoms with E-state index in [-0.39, 0.29) is 19.4 Å². The van der Waals surface area contributed by atoms with Crippen molar-refractivity contribution in [1.82, 2.24) is 0 Å². The highest BCUT2D eigenvalue weighted by molar-refractivity contribution is 7.46. The molecule has 0 aliphatic carbocycles. The lowest BCUT2D eigenvalue weighted by Crippen LogP contribution is -2.29. The van der Waals surface area contributed by atoms with Gasteiger partial charge in [0, 0.05) is 12.8 Å². The molecule has 8 nitrogen and oxygen atoms in total. The van der Waals surface area contributed by atoms with Crippen LogP contribution in [0.3, 0.4) is 0 Å². The Morgan fingerprint density at radius 3 is 1.28 bits per heavy atom. The summed E-state index contributed by atoms with van der Waals surface area (Å²) in [7, 11) is -4.75. The van der Waals surface area contributed by atoms with Crippen molar-refractivity contribution in [2.45, 2.75) is 232 Å². The van der Waals surface area contributed by atoms with Crippen LogP contribution in [-0.2, 0) is 28.2 Å². The van der Waals surface area contributed by atoms with Crippen LogP contribution in [-0.4, -0.2) is 41.0 Å². The standard InChI is InChI=1S/C44H83O8P/c1-3-5-7-9-11-13-15-17-19-20-21-22-23-25-27-29-31-33-35-37-39-44(46)52-42(41-51-53(47,48)49)40-50-43(45)38-36-34-32-30-28-26-24-18-16-14-12-10-8-6-4-2/h12,14,18,24,42H,3-11,13,15-17,19-23,25-41H2,1-2H3,(H2,47,48,49)/b14-12+,24-18+/t42-/m1/s1. The molecular formula is C44H83O8P. The lowest BCUT2D eigenvalue weighted by atomic mass is 10.0. The summed E-state index contributed by atoms with van der Waals surface area (Å²) in [6, 6.07) is 0. The Bertz CT molecular complexity index is 915. The van der Waals surface area contributed by atoms with Crippen LogP contribution in [0.2, 0.25) is 0 Å². The third-order valence-corrected chi connectivity index (χ3v) is 10.2.